The van der Waals surface area contributed by atoms with Crippen LogP contribution >= 0.6 is 15.9 Å². The third-order valence-corrected chi connectivity index (χ3v) is 3.59. The minimum atomic E-state index is 0.584. The molecule has 0 aliphatic carbocycles. The van der Waals surface area contributed by atoms with Gasteiger partial charge in [-0.2, -0.15) is 0 Å². The summed E-state index contributed by atoms with van der Waals surface area (Å²) in [6.07, 6.45) is 1.23. The second kappa shape index (κ2) is 6.29. The molecule has 0 spiro atoms. The molecule has 16 heavy (non-hydrogen) atoms. The van der Waals surface area contributed by atoms with E-state index in [4.69, 9.17) is 0 Å². The zero-order valence-corrected chi connectivity index (χ0v) is 12.3. The molecule has 0 aliphatic heterocycles. The van der Waals surface area contributed by atoms with Crippen LogP contribution in [0.15, 0.2) is 24.3 Å². The molecule has 1 unspecified atom stereocenters. The lowest BCUT2D eigenvalue weighted by atomic mass is 10.0. The van der Waals surface area contributed by atoms with Crippen molar-refractivity contribution in [3.8, 4) is 0 Å². The van der Waals surface area contributed by atoms with E-state index in [0.29, 0.717) is 6.04 Å². The van der Waals surface area contributed by atoms with Gasteiger partial charge < -0.3 is 4.90 Å². The first kappa shape index (κ1) is 13.6. The van der Waals surface area contributed by atoms with Crippen LogP contribution in [0.1, 0.15) is 32.8 Å². The zero-order valence-electron chi connectivity index (χ0n) is 10.7. The number of nitrogens with zero attached hydrogens (tertiary/aromatic N) is 1. The van der Waals surface area contributed by atoms with Gasteiger partial charge in [-0.1, -0.05) is 48.0 Å². The third kappa shape index (κ3) is 3.51. The quantitative estimate of drug-likeness (QED) is 0.722. The molecular formula is C14H22BrN. The normalized spacial score (nSPS) is 12.9. The average Bonchev–Trinajstić information content (AvgIpc) is 2.27. The third-order valence-electron chi connectivity index (χ3n) is 2.99. The largest absolute Gasteiger partial charge is 0.372 e. The van der Waals surface area contributed by atoms with Crippen LogP contribution in [0, 0.1) is 5.92 Å². The van der Waals surface area contributed by atoms with Crippen molar-refractivity contribution in [2.45, 2.75) is 38.6 Å². The maximum absolute atomic E-state index is 3.55. The zero-order chi connectivity index (χ0) is 12.1. The van der Waals surface area contributed by atoms with Crippen LogP contribution in [0.3, 0.4) is 0 Å². The summed E-state index contributed by atoms with van der Waals surface area (Å²) < 4.78 is 0. The molecule has 0 radical (unpaired) electrons. The van der Waals surface area contributed by atoms with Crippen LogP contribution in [-0.4, -0.2) is 13.1 Å². The highest BCUT2D eigenvalue weighted by atomic mass is 79.9. The molecule has 1 atom stereocenters. The molecule has 0 N–H and O–H groups in total. The molecule has 0 fully saturated rings. The molecule has 90 valence electrons. The van der Waals surface area contributed by atoms with Crippen molar-refractivity contribution >= 4 is 21.6 Å². The van der Waals surface area contributed by atoms with Crippen molar-refractivity contribution in [1.82, 2.24) is 0 Å². The smallest absolute Gasteiger partial charge is 0.0407 e. The molecule has 1 aromatic carbocycles. The molecule has 0 bridgehead atoms. The van der Waals surface area contributed by atoms with Crippen molar-refractivity contribution in [2.75, 3.05) is 11.9 Å². The summed E-state index contributed by atoms with van der Waals surface area (Å²) in [5.41, 5.74) is 2.70. The van der Waals surface area contributed by atoms with Gasteiger partial charge in [0.25, 0.3) is 0 Å². The minimum absolute atomic E-state index is 0.584. The average molecular weight is 284 g/mol. The van der Waals surface area contributed by atoms with Crippen LogP contribution < -0.4 is 4.90 Å². The van der Waals surface area contributed by atoms with E-state index in [-0.39, 0.29) is 0 Å². The van der Waals surface area contributed by atoms with Crippen LogP contribution in [0.25, 0.3) is 0 Å². The highest BCUT2D eigenvalue weighted by molar-refractivity contribution is 9.08. The Morgan fingerprint density at radius 3 is 2.38 bits per heavy atom. The summed E-state index contributed by atoms with van der Waals surface area (Å²) in [6, 6.07) is 9.18. The van der Waals surface area contributed by atoms with Crippen molar-refractivity contribution in [1.29, 1.82) is 0 Å². The van der Waals surface area contributed by atoms with Crippen LogP contribution in [0.4, 0.5) is 5.69 Å². The molecule has 0 aliphatic rings. The van der Waals surface area contributed by atoms with Gasteiger partial charge in [0, 0.05) is 24.1 Å². The second-order valence-corrected chi connectivity index (χ2v) is 5.41. The summed E-state index contributed by atoms with van der Waals surface area (Å²) in [7, 11) is 2.19. The number of rotatable bonds is 5. The van der Waals surface area contributed by atoms with Crippen LogP contribution in [-0.2, 0) is 5.33 Å². The molecule has 2 heteroatoms. The fraction of sp³-hybridized carbons (Fsp3) is 0.571. The Hall–Kier alpha value is -0.500. The molecule has 0 heterocycles. The van der Waals surface area contributed by atoms with Crippen LogP contribution in [0.2, 0.25) is 0 Å². The van der Waals surface area contributed by atoms with E-state index in [9.17, 15) is 0 Å². The highest BCUT2D eigenvalue weighted by Crippen LogP contribution is 2.24. The lowest BCUT2D eigenvalue weighted by molar-refractivity contribution is 0.504. The van der Waals surface area contributed by atoms with E-state index < -0.39 is 0 Å². The van der Waals surface area contributed by atoms with E-state index in [0.717, 1.165) is 11.2 Å². The molecule has 1 aromatic rings. The van der Waals surface area contributed by atoms with Crippen molar-refractivity contribution in [3.63, 3.8) is 0 Å². The lowest BCUT2D eigenvalue weighted by Gasteiger charge is -2.30. The van der Waals surface area contributed by atoms with Crippen molar-refractivity contribution in [2.24, 2.45) is 5.92 Å². The van der Waals surface area contributed by atoms with Gasteiger partial charge in [-0.3, -0.25) is 0 Å². The van der Waals surface area contributed by atoms with E-state index in [1.165, 1.54) is 17.7 Å². The Morgan fingerprint density at radius 2 is 1.81 bits per heavy atom. The maximum Gasteiger partial charge on any atom is 0.0407 e. The Balaban J connectivity index is 2.82. The van der Waals surface area contributed by atoms with Gasteiger partial charge in [-0.25, -0.2) is 0 Å². The van der Waals surface area contributed by atoms with E-state index in [1.54, 1.807) is 0 Å². The standard InChI is InChI=1S/C14H22BrN/c1-11(2)9-12(3)16(4)14-8-6-5-7-13(14)10-15/h5-8,11-12H,9-10H2,1-4H3. The van der Waals surface area contributed by atoms with E-state index in [1.807, 2.05) is 0 Å². The molecule has 1 nitrogen and oxygen atoms in total. The second-order valence-electron chi connectivity index (χ2n) is 4.85. The lowest BCUT2D eigenvalue weighted by Crippen LogP contribution is -2.30. The Morgan fingerprint density at radius 1 is 1.19 bits per heavy atom. The van der Waals surface area contributed by atoms with Gasteiger partial charge in [-0.05, 0) is 30.9 Å². The Labute approximate surface area is 108 Å². The summed E-state index contributed by atoms with van der Waals surface area (Å²) in [4.78, 5) is 2.39. The minimum Gasteiger partial charge on any atom is -0.372 e. The molecule has 0 amide bonds. The molecular weight excluding hydrogens is 262 g/mol. The number of hydrogen-bond donors (Lipinski definition) is 0. The monoisotopic (exact) mass is 283 g/mol. The Kier molecular flexibility index (Phi) is 5.33. The van der Waals surface area contributed by atoms with Gasteiger partial charge in [0.05, 0.1) is 0 Å². The SMILES string of the molecule is CC(C)CC(C)N(C)c1ccccc1CBr. The van der Waals surface area contributed by atoms with E-state index >= 15 is 0 Å². The van der Waals surface area contributed by atoms with Gasteiger partial charge in [0.1, 0.15) is 0 Å². The molecule has 1 rings (SSSR count). The molecule has 0 aromatic heterocycles. The topological polar surface area (TPSA) is 3.24 Å². The predicted molar refractivity (Wildman–Crippen MR) is 76.4 cm³/mol. The van der Waals surface area contributed by atoms with Gasteiger partial charge in [0.2, 0.25) is 0 Å². The molecule has 0 saturated carbocycles. The fourth-order valence-corrected chi connectivity index (χ4v) is 2.52. The van der Waals surface area contributed by atoms with Gasteiger partial charge in [0.15, 0.2) is 0 Å². The summed E-state index contributed by atoms with van der Waals surface area (Å²) >= 11 is 3.55. The first-order valence-electron chi connectivity index (χ1n) is 5.93. The number of halogens is 1. The number of hydrogen-bond acceptors (Lipinski definition) is 1. The fourth-order valence-electron chi connectivity index (χ4n) is 2.05. The summed E-state index contributed by atoms with van der Waals surface area (Å²) in [6.45, 7) is 6.85. The number of benzene rings is 1. The molecule has 0 saturated heterocycles. The first-order valence-corrected chi connectivity index (χ1v) is 7.05. The van der Waals surface area contributed by atoms with Crippen molar-refractivity contribution in [3.05, 3.63) is 29.8 Å². The Bertz CT molecular complexity index is 322. The van der Waals surface area contributed by atoms with Gasteiger partial charge >= 0.3 is 0 Å². The van der Waals surface area contributed by atoms with Crippen LogP contribution in [0.5, 0.6) is 0 Å². The first-order chi connectivity index (χ1) is 7.56. The predicted octanol–water partition coefficient (Wildman–Crippen LogP) is 4.45. The summed E-state index contributed by atoms with van der Waals surface area (Å²) in [5, 5.41) is 0.919. The maximum atomic E-state index is 3.55. The summed E-state index contributed by atoms with van der Waals surface area (Å²) in [5.74, 6) is 0.744. The van der Waals surface area contributed by atoms with Gasteiger partial charge in [-0.15, -0.1) is 0 Å². The highest BCUT2D eigenvalue weighted by Gasteiger charge is 2.13. The van der Waals surface area contributed by atoms with Crippen molar-refractivity contribution < 1.29 is 0 Å². The van der Waals surface area contributed by atoms with E-state index in [2.05, 4.69) is 72.9 Å². The number of anilines is 1. The number of para-hydroxylation sites is 1. The number of alkyl halides is 1.